The lowest BCUT2D eigenvalue weighted by molar-refractivity contribution is 0.453. The topological polar surface area (TPSA) is 12.0 Å². The Bertz CT molecular complexity index is 352. The van der Waals surface area contributed by atoms with Gasteiger partial charge in [0, 0.05) is 6.04 Å². The highest BCUT2D eigenvalue weighted by Crippen LogP contribution is 2.22. The lowest BCUT2D eigenvalue weighted by Gasteiger charge is -2.15. The smallest absolute Gasteiger partial charge is 0.142 e. The minimum atomic E-state index is -0.322. The van der Waals surface area contributed by atoms with E-state index in [1.807, 2.05) is 6.07 Å². The van der Waals surface area contributed by atoms with E-state index >= 15 is 0 Å². The van der Waals surface area contributed by atoms with E-state index in [0.717, 1.165) is 24.9 Å². The predicted octanol–water partition coefficient (Wildman–Crippen LogP) is 4.05. The third-order valence-corrected chi connectivity index (χ3v) is 3.24. The fourth-order valence-corrected chi connectivity index (χ4v) is 1.90. The van der Waals surface area contributed by atoms with Crippen LogP contribution in [0.2, 0.25) is 5.02 Å². The molecular weight excluding hydrogens is 237 g/mol. The Kier molecular flexibility index (Phi) is 5.93. The van der Waals surface area contributed by atoms with Crippen molar-refractivity contribution < 1.29 is 4.39 Å². The largest absolute Gasteiger partial charge is 0.314 e. The second kappa shape index (κ2) is 6.97. The molecule has 1 aromatic carbocycles. The zero-order valence-corrected chi connectivity index (χ0v) is 11.5. The van der Waals surface area contributed by atoms with Crippen LogP contribution in [-0.4, -0.2) is 12.6 Å². The van der Waals surface area contributed by atoms with Crippen LogP contribution in [0.4, 0.5) is 4.39 Å². The van der Waals surface area contributed by atoms with E-state index in [4.69, 9.17) is 11.6 Å². The third kappa shape index (κ3) is 5.05. The fraction of sp³-hybridized carbons (Fsp3) is 0.571. The summed E-state index contributed by atoms with van der Waals surface area (Å²) in [5.74, 6) is 0.244. The minimum absolute atomic E-state index is 0.275. The van der Waals surface area contributed by atoms with Gasteiger partial charge in [0.1, 0.15) is 5.82 Å². The predicted molar refractivity (Wildman–Crippen MR) is 72.0 cm³/mol. The van der Waals surface area contributed by atoms with Crippen LogP contribution in [0.3, 0.4) is 0 Å². The summed E-state index contributed by atoms with van der Waals surface area (Å²) in [6.07, 6.45) is 1.85. The van der Waals surface area contributed by atoms with Crippen LogP contribution in [0, 0.1) is 11.7 Å². The first-order valence-corrected chi connectivity index (χ1v) is 6.54. The van der Waals surface area contributed by atoms with Gasteiger partial charge in [-0.15, -0.1) is 0 Å². The van der Waals surface area contributed by atoms with Gasteiger partial charge in [-0.1, -0.05) is 44.5 Å². The van der Waals surface area contributed by atoms with Crippen molar-refractivity contribution in [3.05, 3.63) is 34.6 Å². The lowest BCUT2D eigenvalue weighted by Crippen LogP contribution is -2.28. The average molecular weight is 258 g/mol. The zero-order valence-electron chi connectivity index (χ0n) is 10.8. The molecule has 3 heteroatoms. The van der Waals surface area contributed by atoms with Gasteiger partial charge in [0.15, 0.2) is 0 Å². The second-order valence-electron chi connectivity index (χ2n) is 4.92. The monoisotopic (exact) mass is 257 g/mol. The van der Waals surface area contributed by atoms with Crippen molar-refractivity contribution in [2.45, 2.75) is 39.7 Å². The molecule has 0 aliphatic rings. The van der Waals surface area contributed by atoms with Crippen LogP contribution >= 0.6 is 11.6 Å². The SMILES string of the molecule is CC(CCc1cccc(F)c1Cl)CNC(C)C. The molecule has 1 unspecified atom stereocenters. The summed E-state index contributed by atoms with van der Waals surface area (Å²) >= 11 is 5.91. The van der Waals surface area contributed by atoms with E-state index in [9.17, 15) is 4.39 Å². The maximum Gasteiger partial charge on any atom is 0.142 e. The van der Waals surface area contributed by atoms with Gasteiger partial charge in [-0.3, -0.25) is 0 Å². The quantitative estimate of drug-likeness (QED) is 0.811. The summed E-state index contributed by atoms with van der Waals surface area (Å²) in [5, 5.41) is 3.68. The molecule has 0 fully saturated rings. The van der Waals surface area contributed by atoms with Crippen LogP contribution in [0.5, 0.6) is 0 Å². The van der Waals surface area contributed by atoms with Crippen LogP contribution in [-0.2, 0) is 6.42 Å². The summed E-state index contributed by atoms with van der Waals surface area (Å²) in [6.45, 7) is 7.46. The summed E-state index contributed by atoms with van der Waals surface area (Å²) < 4.78 is 13.2. The van der Waals surface area contributed by atoms with Crippen molar-refractivity contribution in [1.82, 2.24) is 5.32 Å². The molecule has 1 atom stereocenters. The molecule has 1 N–H and O–H groups in total. The van der Waals surface area contributed by atoms with E-state index in [0.29, 0.717) is 12.0 Å². The molecule has 0 bridgehead atoms. The molecule has 0 heterocycles. The van der Waals surface area contributed by atoms with Gasteiger partial charge in [-0.05, 0) is 36.9 Å². The lowest BCUT2D eigenvalue weighted by atomic mass is 10.0. The Morgan fingerprint density at radius 2 is 2.00 bits per heavy atom. The Morgan fingerprint density at radius 1 is 1.29 bits per heavy atom. The Morgan fingerprint density at radius 3 is 2.65 bits per heavy atom. The van der Waals surface area contributed by atoms with Gasteiger partial charge < -0.3 is 5.32 Å². The maximum atomic E-state index is 13.2. The van der Waals surface area contributed by atoms with E-state index in [2.05, 4.69) is 26.1 Å². The molecule has 1 aromatic rings. The second-order valence-corrected chi connectivity index (χ2v) is 5.30. The standard InChI is InChI=1S/C14H21ClFN/c1-10(2)17-9-11(3)7-8-12-5-4-6-13(16)14(12)15/h4-6,10-11,17H,7-9H2,1-3H3. The molecule has 0 spiro atoms. The average Bonchev–Trinajstić information content (AvgIpc) is 2.28. The Labute approximate surface area is 108 Å². The molecule has 96 valence electrons. The number of aryl methyl sites for hydroxylation is 1. The molecule has 0 radical (unpaired) electrons. The number of halogens is 2. The zero-order chi connectivity index (χ0) is 12.8. The highest BCUT2D eigenvalue weighted by atomic mass is 35.5. The fourth-order valence-electron chi connectivity index (χ4n) is 1.68. The maximum absolute atomic E-state index is 13.2. The molecule has 1 rings (SSSR count). The molecular formula is C14H21ClFN. The summed E-state index contributed by atoms with van der Waals surface area (Å²) in [6, 6.07) is 5.52. The van der Waals surface area contributed by atoms with Crippen LogP contribution < -0.4 is 5.32 Å². The Hall–Kier alpha value is -0.600. The van der Waals surface area contributed by atoms with Crippen molar-refractivity contribution >= 4 is 11.6 Å². The van der Waals surface area contributed by atoms with Crippen LogP contribution in [0.25, 0.3) is 0 Å². The molecule has 1 nitrogen and oxygen atoms in total. The van der Waals surface area contributed by atoms with Crippen molar-refractivity contribution in [1.29, 1.82) is 0 Å². The third-order valence-electron chi connectivity index (χ3n) is 2.81. The van der Waals surface area contributed by atoms with Crippen molar-refractivity contribution in [3.8, 4) is 0 Å². The number of benzene rings is 1. The van der Waals surface area contributed by atoms with Crippen molar-refractivity contribution in [2.24, 2.45) is 5.92 Å². The molecule has 0 saturated heterocycles. The highest BCUT2D eigenvalue weighted by Gasteiger charge is 2.08. The number of hydrogen-bond donors (Lipinski definition) is 1. The summed E-state index contributed by atoms with van der Waals surface area (Å²) in [7, 11) is 0. The molecule has 0 aliphatic carbocycles. The highest BCUT2D eigenvalue weighted by molar-refractivity contribution is 6.31. The molecule has 0 aliphatic heterocycles. The van der Waals surface area contributed by atoms with E-state index in [-0.39, 0.29) is 10.8 Å². The number of nitrogens with one attached hydrogen (secondary N) is 1. The van der Waals surface area contributed by atoms with Gasteiger partial charge in [0.25, 0.3) is 0 Å². The van der Waals surface area contributed by atoms with Gasteiger partial charge in [-0.2, -0.15) is 0 Å². The number of hydrogen-bond acceptors (Lipinski definition) is 1. The van der Waals surface area contributed by atoms with Crippen LogP contribution in [0.15, 0.2) is 18.2 Å². The first-order chi connectivity index (χ1) is 8.00. The van der Waals surface area contributed by atoms with Gasteiger partial charge >= 0.3 is 0 Å². The molecule has 17 heavy (non-hydrogen) atoms. The van der Waals surface area contributed by atoms with Crippen molar-refractivity contribution in [2.75, 3.05) is 6.54 Å². The normalized spacial score (nSPS) is 13.1. The minimum Gasteiger partial charge on any atom is -0.314 e. The van der Waals surface area contributed by atoms with Gasteiger partial charge in [0.2, 0.25) is 0 Å². The number of rotatable bonds is 6. The van der Waals surface area contributed by atoms with Crippen LogP contribution in [0.1, 0.15) is 32.8 Å². The Balaban J connectivity index is 2.42. The molecule has 0 amide bonds. The van der Waals surface area contributed by atoms with Crippen molar-refractivity contribution in [3.63, 3.8) is 0 Å². The summed E-state index contributed by atoms with van der Waals surface area (Å²) in [4.78, 5) is 0. The summed E-state index contributed by atoms with van der Waals surface area (Å²) in [5.41, 5.74) is 0.906. The van der Waals surface area contributed by atoms with E-state index in [1.165, 1.54) is 6.07 Å². The van der Waals surface area contributed by atoms with Gasteiger partial charge in [0.05, 0.1) is 5.02 Å². The van der Waals surface area contributed by atoms with E-state index < -0.39 is 0 Å². The van der Waals surface area contributed by atoms with E-state index in [1.54, 1.807) is 6.07 Å². The van der Waals surface area contributed by atoms with Gasteiger partial charge in [-0.25, -0.2) is 4.39 Å². The first kappa shape index (κ1) is 14.5. The molecule has 0 saturated carbocycles. The molecule has 0 aromatic heterocycles. The first-order valence-electron chi connectivity index (χ1n) is 6.17.